The first-order chi connectivity index (χ1) is 7.34. The number of hydrogen-bond donors (Lipinski definition) is 2. The van der Waals surface area contributed by atoms with E-state index in [4.69, 9.17) is 0 Å². The van der Waals surface area contributed by atoms with E-state index in [0.717, 1.165) is 19.5 Å². The average molecular weight is 209 g/mol. The van der Waals surface area contributed by atoms with Gasteiger partial charge in [-0.3, -0.25) is 9.48 Å². The Labute approximate surface area is 88.1 Å². The van der Waals surface area contributed by atoms with E-state index in [1.54, 1.807) is 11.0 Å². The van der Waals surface area contributed by atoms with Crippen LogP contribution in [-0.2, 0) is 11.3 Å². The Morgan fingerprint density at radius 3 is 3.27 bits per heavy atom. The zero-order valence-corrected chi connectivity index (χ0v) is 8.52. The number of carbonyl (C=O) groups is 1. The van der Waals surface area contributed by atoms with Crippen molar-refractivity contribution in [3.05, 3.63) is 12.7 Å². The van der Waals surface area contributed by atoms with Gasteiger partial charge in [-0.1, -0.05) is 0 Å². The molecule has 15 heavy (non-hydrogen) atoms. The molecule has 2 rings (SSSR count). The van der Waals surface area contributed by atoms with E-state index in [1.807, 2.05) is 0 Å². The number of nitrogens with one attached hydrogen (secondary N) is 2. The van der Waals surface area contributed by atoms with Crippen molar-refractivity contribution in [1.82, 2.24) is 25.4 Å². The van der Waals surface area contributed by atoms with E-state index in [1.165, 1.54) is 6.33 Å². The Morgan fingerprint density at radius 1 is 1.67 bits per heavy atom. The molecule has 0 bridgehead atoms. The van der Waals surface area contributed by atoms with Gasteiger partial charge in [0.05, 0.1) is 6.54 Å². The molecule has 2 heterocycles. The fraction of sp³-hybridized carbons (Fsp3) is 0.667. The minimum atomic E-state index is 0.0826. The molecule has 0 unspecified atom stereocenters. The summed E-state index contributed by atoms with van der Waals surface area (Å²) in [5.74, 6) is 0.0826. The molecule has 1 aliphatic rings. The van der Waals surface area contributed by atoms with Crippen molar-refractivity contribution in [2.75, 3.05) is 13.1 Å². The van der Waals surface area contributed by atoms with Crippen molar-refractivity contribution >= 4 is 5.91 Å². The van der Waals surface area contributed by atoms with Crippen LogP contribution in [0.25, 0.3) is 0 Å². The van der Waals surface area contributed by atoms with Crippen molar-refractivity contribution in [2.24, 2.45) is 0 Å². The Bertz CT molecular complexity index is 304. The van der Waals surface area contributed by atoms with Gasteiger partial charge in [0, 0.05) is 19.0 Å². The summed E-state index contributed by atoms with van der Waals surface area (Å²) in [7, 11) is 0. The largest absolute Gasteiger partial charge is 0.352 e. The number of aromatic nitrogens is 3. The van der Waals surface area contributed by atoms with Gasteiger partial charge in [0.1, 0.15) is 12.7 Å². The van der Waals surface area contributed by atoms with E-state index >= 15 is 0 Å². The maximum Gasteiger partial charge on any atom is 0.222 e. The molecule has 0 aromatic carbocycles. The Hall–Kier alpha value is -1.43. The number of nitrogens with zero attached hydrogens (tertiary/aromatic N) is 3. The molecule has 1 amide bonds. The van der Waals surface area contributed by atoms with Crippen molar-refractivity contribution < 1.29 is 4.79 Å². The van der Waals surface area contributed by atoms with Gasteiger partial charge in [-0.05, 0) is 13.0 Å². The summed E-state index contributed by atoms with van der Waals surface area (Å²) in [6.07, 6.45) is 4.57. The number of carbonyl (C=O) groups excluding carboxylic acids is 1. The van der Waals surface area contributed by atoms with Crippen LogP contribution in [0.1, 0.15) is 12.8 Å². The molecule has 0 radical (unpaired) electrons. The molecule has 1 fully saturated rings. The van der Waals surface area contributed by atoms with Gasteiger partial charge in [-0.15, -0.1) is 0 Å². The Morgan fingerprint density at radius 2 is 2.60 bits per heavy atom. The maximum atomic E-state index is 11.5. The zero-order chi connectivity index (χ0) is 10.5. The molecule has 1 saturated heterocycles. The van der Waals surface area contributed by atoms with Crippen LogP contribution in [-0.4, -0.2) is 39.8 Å². The molecular weight excluding hydrogens is 194 g/mol. The van der Waals surface area contributed by atoms with Crippen LogP contribution < -0.4 is 10.6 Å². The number of hydrogen-bond acceptors (Lipinski definition) is 4. The Kier molecular flexibility index (Phi) is 3.29. The van der Waals surface area contributed by atoms with Gasteiger partial charge in [0.2, 0.25) is 5.91 Å². The predicted octanol–water partition coefficient (Wildman–Crippen LogP) is -0.854. The Balaban J connectivity index is 1.68. The molecule has 6 nitrogen and oxygen atoms in total. The normalized spacial score (nSPS) is 20.4. The van der Waals surface area contributed by atoms with Crippen LogP contribution in [0.3, 0.4) is 0 Å². The highest BCUT2D eigenvalue weighted by molar-refractivity contribution is 5.76. The lowest BCUT2D eigenvalue weighted by Gasteiger charge is -2.10. The third-order valence-electron chi connectivity index (χ3n) is 2.46. The van der Waals surface area contributed by atoms with E-state index in [9.17, 15) is 4.79 Å². The summed E-state index contributed by atoms with van der Waals surface area (Å²) in [6.45, 7) is 2.47. The highest BCUT2D eigenvalue weighted by Gasteiger charge is 2.16. The summed E-state index contributed by atoms with van der Waals surface area (Å²) in [5.41, 5.74) is 0. The minimum Gasteiger partial charge on any atom is -0.352 e. The van der Waals surface area contributed by atoms with Gasteiger partial charge < -0.3 is 10.6 Å². The first-order valence-electron chi connectivity index (χ1n) is 5.17. The highest BCUT2D eigenvalue weighted by Crippen LogP contribution is 1.97. The summed E-state index contributed by atoms with van der Waals surface area (Å²) >= 11 is 0. The third-order valence-corrected chi connectivity index (χ3v) is 2.46. The van der Waals surface area contributed by atoms with Crippen molar-refractivity contribution in [3.63, 3.8) is 0 Å². The standard InChI is InChI=1S/C9H15N5O/c15-9(13-8-1-3-10-5-8)2-4-14-7-11-6-12-14/h6-8,10H,1-5H2,(H,13,15)/t8-/m0/s1. The monoisotopic (exact) mass is 209 g/mol. The van der Waals surface area contributed by atoms with Crippen LogP contribution in [0.5, 0.6) is 0 Å². The van der Waals surface area contributed by atoms with E-state index in [-0.39, 0.29) is 5.91 Å². The van der Waals surface area contributed by atoms with Crippen molar-refractivity contribution in [3.8, 4) is 0 Å². The van der Waals surface area contributed by atoms with Crippen LogP contribution in [0.2, 0.25) is 0 Å². The smallest absolute Gasteiger partial charge is 0.222 e. The highest BCUT2D eigenvalue weighted by atomic mass is 16.1. The third kappa shape index (κ3) is 3.02. The average Bonchev–Trinajstić information content (AvgIpc) is 2.86. The van der Waals surface area contributed by atoms with E-state index in [0.29, 0.717) is 19.0 Å². The molecule has 82 valence electrons. The van der Waals surface area contributed by atoms with Crippen LogP contribution in [0.4, 0.5) is 0 Å². The molecule has 1 aromatic heterocycles. The first kappa shape index (κ1) is 10.1. The van der Waals surface area contributed by atoms with Gasteiger partial charge in [-0.2, -0.15) is 5.10 Å². The summed E-state index contributed by atoms with van der Waals surface area (Å²) in [5, 5.41) is 10.1. The summed E-state index contributed by atoms with van der Waals surface area (Å²) < 4.78 is 1.66. The van der Waals surface area contributed by atoms with Crippen LogP contribution >= 0.6 is 0 Å². The van der Waals surface area contributed by atoms with Crippen molar-refractivity contribution in [2.45, 2.75) is 25.4 Å². The molecule has 1 aromatic rings. The lowest BCUT2D eigenvalue weighted by atomic mass is 10.2. The minimum absolute atomic E-state index is 0.0826. The zero-order valence-electron chi connectivity index (χ0n) is 8.52. The quantitative estimate of drug-likeness (QED) is 0.677. The molecule has 0 saturated carbocycles. The predicted molar refractivity (Wildman–Crippen MR) is 54.1 cm³/mol. The van der Waals surface area contributed by atoms with Gasteiger partial charge in [0.25, 0.3) is 0 Å². The molecule has 1 aliphatic heterocycles. The second-order valence-corrected chi connectivity index (χ2v) is 3.67. The summed E-state index contributed by atoms with van der Waals surface area (Å²) in [6, 6.07) is 0.299. The lowest BCUT2D eigenvalue weighted by Crippen LogP contribution is -2.36. The lowest BCUT2D eigenvalue weighted by molar-refractivity contribution is -0.121. The number of rotatable bonds is 4. The molecule has 0 spiro atoms. The SMILES string of the molecule is O=C(CCn1cncn1)N[C@H]1CCNC1. The van der Waals surface area contributed by atoms with Gasteiger partial charge in [-0.25, -0.2) is 4.98 Å². The van der Waals surface area contributed by atoms with Crippen LogP contribution in [0.15, 0.2) is 12.7 Å². The fourth-order valence-electron chi connectivity index (χ4n) is 1.64. The van der Waals surface area contributed by atoms with Crippen LogP contribution in [0, 0.1) is 0 Å². The van der Waals surface area contributed by atoms with E-state index < -0.39 is 0 Å². The second kappa shape index (κ2) is 4.88. The van der Waals surface area contributed by atoms with Crippen molar-refractivity contribution in [1.29, 1.82) is 0 Å². The van der Waals surface area contributed by atoms with Gasteiger partial charge in [0.15, 0.2) is 0 Å². The van der Waals surface area contributed by atoms with E-state index in [2.05, 4.69) is 20.7 Å². The molecule has 1 atom stereocenters. The molecule has 0 aliphatic carbocycles. The number of amides is 1. The van der Waals surface area contributed by atoms with Gasteiger partial charge >= 0.3 is 0 Å². The maximum absolute atomic E-state index is 11.5. The first-order valence-corrected chi connectivity index (χ1v) is 5.17. The molecule has 6 heteroatoms. The second-order valence-electron chi connectivity index (χ2n) is 3.67. The molecular formula is C9H15N5O. The number of aryl methyl sites for hydroxylation is 1. The summed E-state index contributed by atoms with van der Waals surface area (Å²) in [4.78, 5) is 15.3. The topological polar surface area (TPSA) is 71.8 Å². The fourth-order valence-corrected chi connectivity index (χ4v) is 1.64. The molecule has 2 N–H and O–H groups in total.